The van der Waals surface area contributed by atoms with Crippen molar-refractivity contribution in [3.05, 3.63) is 52.8 Å². The second-order valence-electron chi connectivity index (χ2n) is 3.65. The molecular formula is C9H8N4O6. The molecule has 2 heterocycles. The molecule has 100 valence electrons. The average molecular weight is 268 g/mol. The molecule has 2 rings (SSSR count). The van der Waals surface area contributed by atoms with E-state index in [0.29, 0.717) is 0 Å². The summed E-state index contributed by atoms with van der Waals surface area (Å²) >= 11 is 0. The van der Waals surface area contributed by atoms with Crippen molar-refractivity contribution in [2.24, 2.45) is 0 Å². The van der Waals surface area contributed by atoms with E-state index in [2.05, 4.69) is 0 Å². The zero-order chi connectivity index (χ0) is 14.2. The molecule has 0 unspecified atom stereocenters. The van der Waals surface area contributed by atoms with E-state index in [-0.39, 0.29) is 11.1 Å². The van der Waals surface area contributed by atoms with E-state index in [1.54, 1.807) is 0 Å². The molecule has 10 heteroatoms. The lowest BCUT2D eigenvalue weighted by Crippen LogP contribution is -2.29. The minimum absolute atomic E-state index is 0.326. The van der Waals surface area contributed by atoms with E-state index in [9.17, 15) is 29.4 Å². The maximum atomic E-state index is 11.5. The number of aromatic nitrogens is 4. The summed E-state index contributed by atoms with van der Waals surface area (Å²) in [5, 5.41) is 18.9. The highest BCUT2D eigenvalue weighted by Crippen LogP contribution is 2.14. The first-order chi connectivity index (χ1) is 8.88. The van der Waals surface area contributed by atoms with Crippen LogP contribution in [0.3, 0.4) is 0 Å². The summed E-state index contributed by atoms with van der Waals surface area (Å²) in [5.41, 5.74) is -4.30. The molecule has 0 aliphatic heterocycles. The molecule has 0 radical (unpaired) electrons. The van der Waals surface area contributed by atoms with Crippen LogP contribution in [0.5, 0.6) is 11.8 Å². The highest BCUT2D eigenvalue weighted by Gasteiger charge is 2.15. The van der Waals surface area contributed by atoms with Gasteiger partial charge in [-0.05, 0) is 0 Å². The van der Waals surface area contributed by atoms with Gasteiger partial charge in [0.05, 0.1) is 11.1 Å². The average Bonchev–Trinajstić information content (AvgIpc) is 2.25. The second-order valence-corrected chi connectivity index (χ2v) is 3.65. The third kappa shape index (κ3) is 2.31. The van der Waals surface area contributed by atoms with Gasteiger partial charge in [0.2, 0.25) is 11.8 Å². The van der Waals surface area contributed by atoms with Crippen molar-refractivity contribution in [1.82, 2.24) is 19.9 Å². The molecule has 0 aliphatic carbocycles. The fraction of sp³-hybridized carbons (Fsp3) is 0.111. The van der Waals surface area contributed by atoms with Gasteiger partial charge in [-0.1, -0.05) is 0 Å². The Hall–Kier alpha value is -3.04. The predicted octanol–water partition coefficient (Wildman–Crippen LogP) is -2.56. The summed E-state index contributed by atoms with van der Waals surface area (Å²) < 4.78 is 0. The number of hydrogen-bond acceptors (Lipinski definition) is 6. The Morgan fingerprint density at radius 2 is 1.05 bits per heavy atom. The summed E-state index contributed by atoms with van der Waals surface area (Å²) in [4.78, 5) is 52.2. The standard InChI is InChI=1S/C9H8N4O6/c14-4-2(5(15)11-8(18)10-4)1-3-6(16)12-9(19)13-7(3)17/h1H2,(H3,10,11,14,15,18)(H3,12,13,16,17,19). The molecule has 0 bridgehead atoms. The van der Waals surface area contributed by atoms with Crippen molar-refractivity contribution in [3.8, 4) is 11.8 Å². The first kappa shape index (κ1) is 12.4. The second kappa shape index (κ2) is 4.33. The van der Waals surface area contributed by atoms with Gasteiger partial charge < -0.3 is 10.2 Å². The smallest absolute Gasteiger partial charge is 0.328 e. The molecular weight excluding hydrogens is 260 g/mol. The molecule has 0 fully saturated rings. The summed E-state index contributed by atoms with van der Waals surface area (Å²) in [7, 11) is 0. The number of aromatic hydroxyl groups is 2. The number of H-pyrrole nitrogens is 4. The van der Waals surface area contributed by atoms with E-state index < -0.39 is 40.7 Å². The fourth-order valence-electron chi connectivity index (χ4n) is 1.51. The Bertz CT molecular complexity index is 783. The van der Waals surface area contributed by atoms with Crippen molar-refractivity contribution in [2.75, 3.05) is 0 Å². The van der Waals surface area contributed by atoms with Crippen molar-refractivity contribution < 1.29 is 10.2 Å². The Kier molecular flexibility index (Phi) is 2.83. The van der Waals surface area contributed by atoms with Crippen molar-refractivity contribution in [3.63, 3.8) is 0 Å². The highest BCUT2D eigenvalue weighted by atomic mass is 16.3. The maximum Gasteiger partial charge on any atom is 0.328 e. The van der Waals surface area contributed by atoms with E-state index in [1.807, 2.05) is 19.9 Å². The fourth-order valence-corrected chi connectivity index (χ4v) is 1.51. The van der Waals surface area contributed by atoms with Gasteiger partial charge >= 0.3 is 11.4 Å². The van der Waals surface area contributed by atoms with Crippen LogP contribution in [-0.4, -0.2) is 30.1 Å². The topological polar surface area (TPSA) is 172 Å². The van der Waals surface area contributed by atoms with Gasteiger partial charge in [-0.3, -0.25) is 29.5 Å². The lowest BCUT2D eigenvalue weighted by Gasteiger charge is -2.03. The molecule has 0 aromatic carbocycles. The molecule has 10 nitrogen and oxygen atoms in total. The zero-order valence-corrected chi connectivity index (χ0v) is 9.23. The van der Waals surface area contributed by atoms with E-state index in [1.165, 1.54) is 0 Å². The van der Waals surface area contributed by atoms with E-state index >= 15 is 0 Å². The predicted molar refractivity (Wildman–Crippen MR) is 61.5 cm³/mol. The third-order valence-electron chi connectivity index (χ3n) is 2.39. The van der Waals surface area contributed by atoms with Crippen LogP contribution in [0.25, 0.3) is 0 Å². The minimum atomic E-state index is -0.911. The Morgan fingerprint density at radius 1 is 0.684 bits per heavy atom. The minimum Gasteiger partial charge on any atom is -0.494 e. The quantitative estimate of drug-likeness (QED) is 0.349. The number of rotatable bonds is 2. The summed E-state index contributed by atoms with van der Waals surface area (Å²) in [6, 6.07) is 0. The van der Waals surface area contributed by atoms with Gasteiger partial charge in [0.1, 0.15) is 0 Å². The lowest BCUT2D eigenvalue weighted by atomic mass is 10.1. The molecule has 0 atom stereocenters. The van der Waals surface area contributed by atoms with Crippen LogP contribution in [0.4, 0.5) is 0 Å². The van der Waals surface area contributed by atoms with Gasteiger partial charge in [-0.2, -0.15) is 0 Å². The van der Waals surface area contributed by atoms with Crippen LogP contribution < -0.4 is 22.5 Å². The van der Waals surface area contributed by atoms with Crippen molar-refractivity contribution in [2.45, 2.75) is 6.42 Å². The van der Waals surface area contributed by atoms with Crippen LogP contribution in [0.15, 0.2) is 19.2 Å². The molecule has 0 saturated heterocycles. The van der Waals surface area contributed by atoms with Gasteiger partial charge in [0, 0.05) is 6.42 Å². The molecule has 0 saturated carbocycles. The van der Waals surface area contributed by atoms with Crippen LogP contribution in [0, 0.1) is 0 Å². The number of nitrogens with one attached hydrogen (secondary N) is 4. The van der Waals surface area contributed by atoms with E-state index in [4.69, 9.17) is 0 Å². The van der Waals surface area contributed by atoms with E-state index in [0.717, 1.165) is 0 Å². The van der Waals surface area contributed by atoms with Crippen LogP contribution in [-0.2, 0) is 6.42 Å². The zero-order valence-electron chi connectivity index (χ0n) is 9.23. The summed E-state index contributed by atoms with van der Waals surface area (Å²) in [6.07, 6.45) is -0.476. The molecule has 6 N–H and O–H groups in total. The first-order valence-corrected chi connectivity index (χ1v) is 4.97. The van der Waals surface area contributed by atoms with Gasteiger partial charge in [-0.25, -0.2) is 9.59 Å². The Balaban J connectivity index is 2.61. The number of aromatic amines is 4. The van der Waals surface area contributed by atoms with Crippen molar-refractivity contribution in [1.29, 1.82) is 0 Å². The van der Waals surface area contributed by atoms with Gasteiger partial charge in [0.25, 0.3) is 11.1 Å². The van der Waals surface area contributed by atoms with Crippen LogP contribution >= 0.6 is 0 Å². The maximum absolute atomic E-state index is 11.5. The molecule has 0 spiro atoms. The lowest BCUT2D eigenvalue weighted by molar-refractivity contribution is 0.434. The monoisotopic (exact) mass is 268 g/mol. The van der Waals surface area contributed by atoms with Gasteiger partial charge in [-0.15, -0.1) is 0 Å². The van der Waals surface area contributed by atoms with Crippen molar-refractivity contribution >= 4 is 0 Å². The summed E-state index contributed by atoms with van der Waals surface area (Å²) in [5.74, 6) is -1.45. The summed E-state index contributed by atoms with van der Waals surface area (Å²) in [6.45, 7) is 0. The highest BCUT2D eigenvalue weighted by molar-refractivity contribution is 5.32. The first-order valence-electron chi connectivity index (χ1n) is 4.97. The molecule has 19 heavy (non-hydrogen) atoms. The molecule has 0 amide bonds. The molecule has 2 aromatic heterocycles. The van der Waals surface area contributed by atoms with Crippen LogP contribution in [0.1, 0.15) is 11.1 Å². The largest absolute Gasteiger partial charge is 0.494 e. The Morgan fingerprint density at radius 3 is 1.37 bits per heavy atom. The van der Waals surface area contributed by atoms with Crippen LogP contribution in [0.2, 0.25) is 0 Å². The normalized spacial score (nSPS) is 10.5. The Labute approximate surface area is 102 Å². The van der Waals surface area contributed by atoms with Gasteiger partial charge in [0.15, 0.2) is 0 Å². The molecule has 2 aromatic rings. The molecule has 0 aliphatic rings. The number of hydrogen-bond donors (Lipinski definition) is 6. The SMILES string of the molecule is O=c1[nH]c(O)c(Cc2c(O)[nH]c(=O)[nH]c2=O)c(=O)[nH]1. The third-order valence-corrected chi connectivity index (χ3v) is 2.39.